The molecule has 2 amide bonds. The van der Waals surface area contributed by atoms with Crippen molar-refractivity contribution in [3.8, 4) is 11.1 Å². The van der Waals surface area contributed by atoms with Crippen LogP contribution >= 0.6 is 0 Å². The van der Waals surface area contributed by atoms with Crippen LogP contribution in [0.25, 0.3) is 11.1 Å². The SMILES string of the molecule is CC[C@H](C)CNC(=O)Nc1cccc(-c2ccc(C[C@@H](NS(=O)(=O)c3c(C)cc(C)cc3C)C(=O)O)cc2)c1. The van der Waals surface area contributed by atoms with E-state index in [2.05, 4.69) is 29.2 Å². The summed E-state index contributed by atoms with van der Waals surface area (Å²) in [6.45, 7) is 10.0. The number of hydrogen-bond acceptors (Lipinski definition) is 4. The Balaban J connectivity index is 1.72. The number of aliphatic carboxylic acids is 1. The van der Waals surface area contributed by atoms with E-state index in [-0.39, 0.29) is 17.3 Å². The molecule has 0 saturated carbocycles. The molecule has 0 bridgehead atoms. The van der Waals surface area contributed by atoms with Crippen molar-refractivity contribution < 1.29 is 23.1 Å². The molecule has 0 aliphatic heterocycles. The Hall–Kier alpha value is -3.69. The number of aryl methyl sites for hydroxylation is 3. The van der Waals surface area contributed by atoms with Crippen molar-refractivity contribution >= 4 is 27.7 Å². The first-order chi connectivity index (χ1) is 18.4. The minimum atomic E-state index is -4.05. The first-order valence-electron chi connectivity index (χ1n) is 13.0. The molecular formula is C30H37N3O5S. The zero-order valence-corrected chi connectivity index (χ0v) is 23.9. The Kier molecular flexibility index (Phi) is 9.88. The molecule has 3 rings (SSSR count). The quantitative estimate of drug-likeness (QED) is 0.253. The number of carboxylic acids is 1. The highest BCUT2D eigenvalue weighted by molar-refractivity contribution is 7.89. The van der Waals surface area contributed by atoms with Gasteiger partial charge in [0.05, 0.1) is 4.90 Å². The van der Waals surface area contributed by atoms with E-state index in [1.54, 1.807) is 38.1 Å². The van der Waals surface area contributed by atoms with Crippen molar-refractivity contribution in [1.82, 2.24) is 10.0 Å². The van der Waals surface area contributed by atoms with Gasteiger partial charge >= 0.3 is 12.0 Å². The molecule has 3 aromatic rings. The zero-order chi connectivity index (χ0) is 28.7. The molecule has 3 aromatic carbocycles. The summed E-state index contributed by atoms with van der Waals surface area (Å²) >= 11 is 0. The summed E-state index contributed by atoms with van der Waals surface area (Å²) in [6, 6.07) is 16.6. The normalized spacial score (nSPS) is 12.9. The van der Waals surface area contributed by atoms with Gasteiger partial charge in [0.2, 0.25) is 10.0 Å². The monoisotopic (exact) mass is 551 g/mol. The Morgan fingerprint density at radius 1 is 0.923 bits per heavy atom. The standard InChI is InChI=1S/C30H37N3O5S/c1-6-19(2)18-31-30(36)32-26-9-7-8-25(17-26)24-12-10-23(11-13-24)16-27(29(34)35)33-39(37,38)28-21(4)14-20(3)15-22(28)5/h7-15,17,19,27,33H,6,16,18H2,1-5H3,(H,34,35)(H2,31,32,36)/t19-,27+/m0/s1. The molecule has 0 unspecified atom stereocenters. The number of carboxylic acid groups (broad SMARTS) is 1. The molecule has 8 nitrogen and oxygen atoms in total. The third kappa shape index (κ3) is 8.15. The second-order valence-electron chi connectivity index (χ2n) is 10.1. The van der Waals surface area contributed by atoms with Gasteiger partial charge in [-0.15, -0.1) is 0 Å². The molecule has 0 saturated heterocycles. The number of hydrogen-bond donors (Lipinski definition) is 4. The van der Waals surface area contributed by atoms with E-state index in [4.69, 9.17) is 0 Å². The summed E-state index contributed by atoms with van der Waals surface area (Å²) in [6.07, 6.45) is 0.966. The van der Waals surface area contributed by atoms with Gasteiger partial charge in [0.1, 0.15) is 6.04 Å². The number of carbonyl (C=O) groups is 2. The predicted molar refractivity (Wildman–Crippen MR) is 154 cm³/mol. The Morgan fingerprint density at radius 3 is 2.15 bits per heavy atom. The van der Waals surface area contributed by atoms with Gasteiger partial charge in [-0.05, 0) is 73.1 Å². The number of anilines is 1. The van der Waals surface area contributed by atoms with Crippen LogP contribution < -0.4 is 15.4 Å². The average molecular weight is 552 g/mol. The van der Waals surface area contributed by atoms with Gasteiger partial charge in [0, 0.05) is 12.2 Å². The summed E-state index contributed by atoms with van der Waals surface area (Å²) in [5.41, 5.74) is 5.15. The van der Waals surface area contributed by atoms with Crippen molar-refractivity contribution in [1.29, 1.82) is 0 Å². The topological polar surface area (TPSA) is 125 Å². The van der Waals surface area contributed by atoms with Gasteiger partial charge < -0.3 is 15.7 Å². The van der Waals surface area contributed by atoms with Gasteiger partial charge in [-0.25, -0.2) is 13.2 Å². The molecular weight excluding hydrogens is 514 g/mol. The minimum Gasteiger partial charge on any atom is -0.480 e. The highest BCUT2D eigenvalue weighted by Crippen LogP contribution is 2.25. The fourth-order valence-electron chi connectivity index (χ4n) is 4.45. The molecule has 0 aliphatic rings. The van der Waals surface area contributed by atoms with Crippen molar-refractivity contribution in [2.45, 2.75) is 58.4 Å². The lowest BCUT2D eigenvalue weighted by atomic mass is 10.0. The third-order valence-electron chi connectivity index (χ3n) is 6.62. The van der Waals surface area contributed by atoms with E-state index >= 15 is 0 Å². The molecule has 9 heteroatoms. The highest BCUT2D eigenvalue weighted by atomic mass is 32.2. The molecule has 2 atom stereocenters. The lowest BCUT2D eigenvalue weighted by molar-refractivity contribution is -0.138. The van der Waals surface area contributed by atoms with E-state index < -0.39 is 22.0 Å². The summed E-state index contributed by atoms with van der Waals surface area (Å²) in [7, 11) is -4.05. The van der Waals surface area contributed by atoms with Crippen LogP contribution in [-0.2, 0) is 21.2 Å². The Morgan fingerprint density at radius 2 is 1.56 bits per heavy atom. The second-order valence-corrected chi connectivity index (χ2v) is 11.7. The summed E-state index contributed by atoms with van der Waals surface area (Å²) in [5, 5.41) is 15.5. The average Bonchev–Trinajstić information content (AvgIpc) is 2.86. The fourth-order valence-corrected chi connectivity index (χ4v) is 6.09. The maximum absolute atomic E-state index is 13.1. The van der Waals surface area contributed by atoms with Crippen molar-refractivity contribution in [2.24, 2.45) is 5.92 Å². The Labute approximate surface area is 230 Å². The van der Waals surface area contributed by atoms with E-state index in [0.29, 0.717) is 34.8 Å². The number of benzene rings is 3. The maximum Gasteiger partial charge on any atom is 0.322 e. The number of rotatable bonds is 11. The Bertz CT molecular complexity index is 1410. The van der Waals surface area contributed by atoms with Crippen LogP contribution in [0, 0.1) is 26.7 Å². The van der Waals surface area contributed by atoms with Gasteiger partial charge in [-0.1, -0.05) is 74.4 Å². The third-order valence-corrected chi connectivity index (χ3v) is 8.40. The number of carbonyl (C=O) groups excluding carboxylic acids is 1. The van der Waals surface area contributed by atoms with E-state index in [0.717, 1.165) is 23.1 Å². The van der Waals surface area contributed by atoms with Crippen LogP contribution in [0.4, 0.5) is 10.5 Å². The molecule has 0 fully saturated rings. The molecule has 0 heterocycles. The van der Waals surface area contributed by atoms with Crippen LogP contribution in [-0.4, -0.2) is 38.1 Å². The second kappa shape index (κ2) is 12.9. The van der Waals surface area contributed by atoms with Gasteiger partial charge in [-0.3, -0.25) is 4.79 Å². The van der Waals surface area contributed by atoms with Crippen LogP contribution in [0.2, 0.25) is 0 Å². The molecule has 0 aliphatic carbocycles. The molecule has 0 spiro atoms. The van der Waals surface area contributed by atoms with Gasteiger partial charge in [0.15, 0.2) is 0 Å². The van der Waals surface area contributed by atoms with E-state index in [9.17, 15) is 23.1 Å². The molecule has 0 aromatic heterocycles. The summed E-state index contributed by atoms with van der Waals surface area (Å²) < 4.78 is 28.6. The smallest absolute Gasteiger partial charge is 0.322 e. The predicted octanol–water partition coefficient (Wildman–Crippen LogP) is 5.42. The minimum absolute atomic E-state index is 0.0171. The van der Waals surface area contributed by atoms with Crippen molar-refractivity contribution in [2.75, 3.05) is 11.9 Å². The van der Waals surface area contributed by atoms with E-state index in [1.165, 1.54) is 0 Å². The lowest BCUT2D eigenvalue weighted by Gasteiger charge is -2.18. The van der Waals surface area contributed by atoms with E-state index in [1.807, 2.05) is 43.3 Å². The molecule has 208 valence electrons. The van der Waals surface area contributed by atoms with Crippen LogP contribution in [0.15, 0.2) is 65.6 Å². The lowest BCUT2D eigenvalue weighted by Crippen LogP contribution is -2.42. The number of amides is 2. The van der Waals surface area contributed by atoms with Crippen LogP contribution in [0.5, 0.6) is 0 Å². The summed E-state index contributed by atoms with van der Waals surface area (Å²) in [5.74, 6) is -0.858. The zero-order valence-electron chi connectivity index (χ0n) is 23.0. The number of sulfonamides is 1. The largest absolute Gasteiger partial charge is 0.480 e. The van der Waals surface area contributed by atoms with Crippen LogP contribution in [0.3, 0.4) is 0 Å². The van der Waals surface area contributed by atoms with Gasteiger partial charge in [-0.2, -0.15) is 4.72 Å². The van der Waals surface area contributed by atoms with Crippen molar-refractivity contribution in [3.05, 3.63) is 82.9 Å². The first-order valence-corrected chi connectivity index (χ1v) is 14.4. The van der Waals surface area contributed by atoms with Crippen molar-refractivity contribution in [3.63, 3.8) is 0 Å². The summed E-state index contributed by atoms with van der Waals surface area (Å²) in [4.78, 5) is 24.3. The molecule has 0 radical (unpaired) electrons. The highest BCUT2D eigenvalue weighted by Gasteiger charge is 2.28. The number of urea groups is 1. The number of nitrogens with one attached hydrogen (secondary N) is 3. The molecule has 4 N–H and O–H groups in total. The first kappa shape index (κ1) is 29.9. The molecule has 39 heavy (non-hydrogen) atoms. The fraction of sp³-hybridized carbons (Fsp3) is 0.333. The van der Waals surface area contributed by atoms with Gasteiger partial charge in [0.25, 0.3) is 0 Å². The van der Waals surface area contributed by atoms with Crippen LogP contribution in [0.1, 0.15) is 42.5 Å². The maximum atomic E-state index is 13.1.